The Morgan fingerprint density at radius 2 is 2.29 bits per heavy atom. The van der Waals surface area contributed by atoms with Gasteiger partial charge >= 0.3 is 0 Å². The molecule has 0 spiro atoms. The van der Waals surface area contributed by atoms with Crippen LogP contribution in [-0.4, -0.2) is 19.0 Å². The van der Waals surface area contributed by atoms with E-state index in [9.17, 15) is 4.79 Å². The van der Waals surface area contributed by atoms with Crippen molar-refractivity contribution in [3.8, 4) is 0 Å². The van der Waals surface area contributed by atoms with Crippen LogP contribution in [0.15, 0.2) is 24.3 Å². The summed E-state index contributed by atoms with van der Waals surface area (Å²) >= 11 is 5.77. The fourth-order valence-corrected chi connectivity index (χ4v) is 1.31. The highest BCUT2D eigenvalue weighted by atomic mass is 35.5. The maximum absolute atomic E-state index is 11.5. The minimum Gasteiger partial charge on any atom is -0.381 e. The van der Waals surface area contributed by atoms with Gasteiger partial charge in [-0.05, 0) is 19.1 Å². The van der Waals surface area contributed by atoms with Gasteiger partial charge in [0, 0.05) is 23.6 Å². The Morgan fingerprint density at radius 3 is 2.93 bits per heavy atom. The molecular weight excluding hydrogens is 200 g/mol. The molecule has 0 fully saturated rings. The molecule has 1 aromatic carbocycles. The van der Waals surface area contributed by atoms with E-state index in [1.807, 2.05) is 6.92 Å². The fraction of sp³-hybridized carbons (Fsp3) is 0.364. The van der Waals surface area contributed by atoms with Crippen molar-refractivity contribution in [3.05, 3.63) is 34.9 Å². The Labute approximate surface area is 88.8 Å². The smallest absolute Gasteiger partial charge is 0.165 e. The molecule has 0 N–H and O–H groups in total. The lowest BCUT2D eigenvalue weighted by atomic mass is 10.1. The number of benzene rings is 1. The number of ketones is 1. The van der Waals surface area contributed by atoms with E-state index in [0.717, 1.165) is 0 Å². The lowest BCUT2D eigenvalue weighted by Crippen LogP contribution is -2.04. The van der Waals surface area contributed by atoms with E-state index in [0.29, 0.717) is 30.2 Å². The second-order valence-electron chi connectivity index (χ2n) is 2.88. The maximum Gasteiger partial charge on any atom is 0.165 e. The Balaban J connectivity index is 2.52. The van der Waals surface area contributed by atoms with Crippen LogP contribution in [0, 0.1) is 0 Å². The molecule has 0 aliphatic heterocycles. The van der Waals surface area contributed by atoms with Gasteiger partial charge in [0.25, 0.3) is 0 Å². The largest absolute Gasteiger partial charge is 0.381 e. The molecule has 0 radical (unpaired) electrons. The van der Waals surface area contributed by atoms with Crippen LogP contribution in [0.3, 0.4) is 0 Å². The van der Waals surface area contributed by atoms with Crippen molar-refractivity contribution in [1.82, 2.24) is 0 Å². The first kappa shape index (κ1) is 11.2. The molecule has 0 saturated carbocycles. The zero-order valence-electron chi connectivity index (χ0n) is 8.13. The molecule has 76 valence electrons. The predicted octanol–water partition coefficient (Wildman–Crippen LogP) is 2.95. The van der Waals surface area contributed by atoms with Gasteiger partial charge in [-0.15, -0.1) is 0 Å². The van der Waals surface area contributed by atoms with Crippen LogP contribution in [0.2, 0.25) is 5.02 Å². The minimum absolute atomic E-state index is 0.0703. The monoisotopic (exact) mass is 212 g/mol. The number of carbonyl (C=O) groups excluding carboxylic acids is 1. The molecule has 3 heteroatoms. The van der Waals surface area contributed by atoms with Crippen molar-refractivity contribution in [2.24, 2.45) is 0 Å². The number of hydrogen-bond acceptors (Lipinski definition) is 2. The van der Waals surface area contributed by atoms with Gasteiger partial charge in [-0.25, -0.2) is 0 Å². The number of rotatable bonds is 5. The first-order chi connectivity index (χ1) is 6.74. The van der Waals surface area contributed by atoms with Crippen molar-refractivity contribution in [2.75, 3.05) is 13.2 Å². The summed E-state index contributed by atoms with van der Waals surface area (Å²) in [5, 5.41) is 0.590. The Hall–Kier alpha value is -0.860. The molecular formula is C11H13ClO2. The zero-order chi connectivity index (χ0) is 10.4. The summed E-state index contributed by atoms with van der Waals surface area (Å²) in [6, 6.07) is 6.97. The topological polar surface area (TPSA) is 26.3 Å². The molecule has 0 aliphatic carbocycles. The Morgan fingerprint density at radius 1 is 1.50 bits per heavy atom. The first-order valence-corrected chi connectivity index (χ1v) is 4.98. The molecule has 1 rings (SSSR count). The van der Waals surface area contributed by atoms with Gasteiger partial charge in [-0.1, -0.05) is 23.7 Å². The van der Waals surface area contributed by atoms with Crippen LogP contribution in [0.1, 0.15) is 23.7 Å². The van der Waals surface area contributed by atoms with Crippen molar-refractivity contribution >= 4 is 17.4 Å². The number of carbonyl (C=O) groups is 1. The van der Waals surface area contributed by atoms with Crippen molar-refractivity contribution < 1.29 is 9.53 Å². The third kappa shape index (κ3) is 3.48. The summed E-state index contributed by atoms with van der Waals surface area (Å²) in [5.41, 5.74) is 0.650. The molecule has 0 aliphatic rings. The molecule has 0 bridgehead atoms. The van der Waals surface area contributed by atoms with Crippen LogP contribution in [0.4, 0.5) is 0 Å². The highest BCUT2D eigenvalue weighted by Crippen LogP contribution is 2.12. The number of Topliss-reactive ketones (excluding diaryl/α,β-unsaturated/α-hetero) is 1. The molecule has 0 saturated heterocycles. The van der Waals surface area contributed by atoms with E-state index < -0.39 is 0 Å². The standard InChI is InChI=1S/C11H13ClO2/c1-2-14-7-6-11(13)9-4-3-5-10(12)8-9/h3-5,8H,2,6-7H2,1H3. The van der Waals surface area contributed by atoms with E-state index in [1.54, 1.807) is 24.3 Å². The van der Waals surface area contributed by atoms with Gasteiger partial charge in [0.1, 0.15) is 0 Å². The van der Waals surface area contributed by atoms with Crippen molar-refractivity contribution in [2.45, 2.75) is 13.3 Å². The lowest BCUT2D eigenvalue weighted by Gasteiger charge is -2.01. The van der Waals surface area contributed by atoms with Crippen LogP contribution >= 0.6 is 11.6 Å². The van der Waals surface area contributed by atoms with E-state index in [2.05, 4.69) is 0 Å². The zero-order valence-corrected chi connectivity index (χ0v) is 8.88. The minimum atomic E-state index is 0.0703. The van der Waals surface area contributed by atoms with Gasteiger partial charge in [0.15, 0.2) is 5.78 Å². The summed E-state index contributed by atoms with van der Waals surface area (Å²) in [6.45, 7) is 3.02. The normalized spacial score (nSPS) is 10.1. The molecule has 1 aromatic rings. The van der Waals surface area contributed by atoms with E-state index in [4.69, 9.17) is 16.3 Å². The average molecular weight is 213 g/mol. The SMILES string of the molecule is CCOCCC(=O)c1cccc(Cl)c1. The summed E-state index contributed by atoms with van der Waals surface area (Å²) in [6.07, 6.45) is 0.411. The highest BCUT2D eigenvalue weighted by Gasteiger charge is 2.05. The lowest BCUT2D eigenvalue weighted by molar-refractivity contribution is 0.0896. The molecule has 0 atom stereocenters. The maximum atomic E-state index is 11.5. The summed E-state index contributed by atoms with van der Waals surface area (Å²) in [4.78, 5) is 11.5. The number of ether oxygens (including phenoxy) is 1. The molecule has 0 heterocycles. The summed E-state index contributed by atoms with van der Waals surface area (Å²) < 4.78 is 5.10. The first-order valence-electron chi connectivity index (χ1n) is 4.60. The van der Waals surface area contributed by atoms with Crippen LogP contribution in [-0.2, 0) is 4.74 Å². The predicted molar refractivity (Wildman–Crippen MR) is 56.9 cm³/mol. The second-order valence-corrected chi connectivity index (χ2v) is 3.32. The van der Waals surface area contributed by atoms with Crippen molar-refractivity contribution in [1.29, 1.82) is 0 Å². The van der Waals surface area contributed by atoms with Crippen LogP contribution in [0.25, 0.3) is 0 Å². The molecule has 2 nitrogen and oxygen atoms in total. The Bertz CT molecular complexity index is 310. The Kier molecular flexibility index (Phi) is 4.63. The van der Waals surface area contributed by atoms with Gasteiger partial charge in [-0.2, -0.15) is 0 Å². The molecule has 0 aromatic heterocycles. The second kappa shape index (κ2) is 5.78. The average Bonchev–Trinajstić information content (AvgIpc) is 2.18. The third-order valence-electron chi connectivity index (χ3n) is 1.82. The molecule has 0 unspecified atom stereocenters. The number of halogens is 1. The van der Waals surface area contributed by atoms with E-state index in [1.165, 1.54) is 0 Å². The fourth-order valence-electron chi connectivity index (χ4n) is 1.12. The van der Waals surface area contributed by atoms with E-state index in [-0.39, 0.29) is 5.78 Å². The van der Waals surface area contributed by atoms with Gasteiger partial charge < -0.3 is 4.74 Å². The van der Waals surface area contributed by atoms with E-state index >= 15 is 0 Å². The summed E-state index contributed by atoms with van der Waals surface area (Å²) in [5.74, 6) is 0.0703. The van der Waals surface area contributed by atoms with Crippen LogP contribution < -0.4 is 0 Å². The van der Waals surface area contributed by atoms with Crippen molar-refractivity contribution in [3.63, 3.8) is 0 Å². The molecule has 0 amide bonds. The van der Waals surface area contributed by atoms with Gasteiger partial charge in [0.05, 0.1) is 6.61 Å². The third-order valence-corrected chi connectivity index (χ3v) is 2.06. The highest BCUT2D eigenvalue weighted by molar-refractivity contribution is 6.31. The molecule has 14 heavy (non-hydrogen) atoms. The summed E-state index contributed by atoms with van der Waals surface area (Å²) in [7, 11) is 0. The van der Waals surface area contributed by atoms with Crippen LogP contribution in [0.5, 0.6) is 0 Å². The van der Waals surface area contributed by atoms with Gasteiger partial charge in [-0.3, -0.25) is 4.79 Å². The number of hydrogen-bond donors (Lipinski definition) is 0. The quantitative estimate of drug-likeness (QED) is 0.554. The van der Waals surface area contributed by atoms with Gasteiger partial charge in [0.2, 0.25) is 0 Å².